The van der Waals surface area contributed by atoms with Crippen LogP contribution in [0.3, 0.4) is 0 Å². The summed E-state index contributed by atoms with van der Waals surface area (Å²) < 4.78 is 6.50. The minimum absolute atomic E-state index is 0.328. The lowest BCUT2D eigenvalue weighted by Gasteiger charge is -2.23. The minimum Gasteiger partial charge on any atom is -0.381 e. The Labute approximate surface area is 109 Å². The first kappa shape index (κ1) is 12.4. The second-order valence-electron chi connectivity index (χ2n) is 4.06. The van der Waals surface area contributed by atoms with E-state index in [2.05, 4.69) is 27.3 Å². The highest BCUT2D eigenvalue weighted by atomic mass is 79.9. The maximum Gasteiger partial charge on any atom is 0.0513 e. The fourth-order valence-corrected chi connectivity index (χ4v) is 3.14. The topological polar surface area (TPSA) is 21.3 Å². The summed E-state index contributed by atoms with van der Waals surface area (Å²) in [5.74, 6) is 0.544. The molecule has 1 aromatic rings. The quantitative estimate of drug-likeness (QED) is 0.924. The van der Waals surface area contributed by atoms with Crippen LogP contribution in [-0.2, 0) is 4.74 Å². The van der Waals surface area contributed by atoms with Gasteiger partial charge in [-0.15, -0.1) is 0 Å². The maximum absolute atomic E-state index is 5.95. The SMILES string of the molecule is CNC(c1ccc(Cl)cc1Br)C1CCOC1. The Morgan fingerprint density at radius 2 is 2.38 bits per heavy atom. The van der Waals surface area contributed by atoms with E-state index in [0.717, 1.165) is 29.1 Å². The molecule has 1 saturated heterocycles. The van der Waals surface area contributed by atoms with E-state index < -0.39 is 0 Å². The first-order valence-corrected chi connectivity index (χ1v) is 6.59. The van der Waals surface area contributed by atoms with Crippen LogP contribution in [0, 0.1) is 5.92 Å². The molecule has 88 valence electrons. The maximum atomic E-state index is 5.95. The predicted molar refractivity (Wildman–Crippen MR) is 69.9 cm³/mol. The van der Waals surface area contributed by atoms with Crippen molar-refractivity contribution in [3.63, 3.8) is 0 Å². The fourth-order valence-electron chi connectivity index (χ4n) is 2.21. The number of nitrogens with one attached hydrogen (secondary N) is 1. The molecule has 2 rings (SSSR count). The molecule has 0 aliphatic carbocycles. The van der Waals surface area contributed by atoms with Crippen molar-refractivity contribution in [3.8, 4) is 0 Å². The van der Waals surface area contributed by atoms with E-state index in [0.29, 0.717) is 12.0 Å². The Balaban J connectivity index is 2.25. The molecular formula is C12H15BrClNO. The number of halogens is 2. The van der Waals surface area contributed by atoms with E-state index in [1.807, 2.05) is 19.2 Å². The first-order chi connectivity index (χ1) is 7.72. The molecule has 0 amide bonds. The van der Waals surface area contributed by atoms with E-state index in [1.165, 1.54) is 5.56 Å². The molecular weight excluding hydrogens is 289 g/mol. The second kappa shape index (κ2) is 5.50. The van der Waals surface area contributed by atoms with Gasteiger partial charge in [-0.25, -0.2) is 0 Å². The van der Waals surface area contributed by atoms with Gasteiger partial charge >= 0.3 is 0 Å². The van der Waals surface area contributed by atoms with Crippen LogP contribution in [0.1, 0.15) is 18.0 Å². The molecule has 1 N–H and O–H groups in total. The summed E-state index contributed by atoms with van der Waals surface area (Å²) in [6.07, 6.45) is 1.11. The Morgan fingerprint density at radius 3 is 2.94 bits per heavy atom. The van der Waals surface area contributed by atoms with Gasteiger partial charge in [0.1, 0.15) is 0 Å². The van der Waals surface area contributed by atoms with Crippen molar-refractivity contribution < 1.29 is 4.74 Å². The average molecular weight is 305 g/mol. The van der Waals surface area contributed by atoms with E-state index >= 15 is 0 Å². The highest BCUT2D eigenvalue weighted by Gasteiger charge is 2.27. The minimum atomic E-state index is 0.328. The number of benzene rings is 1. The molecule has 1 aliphatic heterocycles. The molecule has 1 aliphatic rings. The third-order valence-corrected chi connectivity index (χ3v) is 3.97. The number of hydrogen-bond donors (Lipinski definition) is 1. The predicted octanol–water partition coefficient (Wildman–Crippen LogP) is 3.40. The van der Waals surface area contributed by atoms with Gasteiger partial charge in [0, 0.05) is 28.1 Å². The van der Waals surface area contributed by atoms with Crippen molar-refractivity contribution in [2.45, 2.75) is 12.5 Å². The molecule has 0 spiro atoms. The van der Waals surface area contributed by atoms with Crippen molar-refractivity contribution in [3.05, 3.63) is 33.3 Å². The monoisotopic (exact) mass is 303 g/mol. The summed E-state index contributed by atoms with van der Waals surface area (Å²) in [5.41, 5.74) is 1.25. The van der Waals surface area contributed by atoms with Gasteiger partial charge in [0.25, 0.3) is 0 Å². The molecule has 16 heavy (non-hydrogen) atoms. The highest BCUT2D eigenvalue weighted by molar-refractivity contribution is 9.10. The van der Waals surface area contributed by atoms with Gasteiger partial charge in [-0.05, 0) is 31.2 Å². The van der Waals surface area contributed by atoms with Crippen LogP contribution in [0.15, 0.2) is 22.7 Å². The molecule has 1 aromatic carbocycles. The molecule has 1 heterocycles. The summed E-state index contributed by atoms with van der Waals surface area (Å²) in [5, 5.41) is 4.13. The van der Waals surface area contributed by atoms with Crippen LogP contribution in [0.4, 0.5) is 0 Å². The van der Waals surface area contributed by atoms with Crippen LogP contribution in [0.2, 0.25) is 5.02 Å². The molecule has 0 aromatic heterocycles. The zero-order chi connectivity index (χ0) is 11.5. The summed E-state index contributed by atoms with van der Waals surface area (Å²) >= 11 is 9.52. The van der Waals surface area contributed by atoms with Crippen molar-refractivity contribution in [1.29, 1.82) is 0 Å². The lowest BCUT2D eigenvalue weighted by atomic mass is 9.92. The first-order valence-electron chi connectivity index (χ1n) is 5.42. The van der Waals surface area contributed by atoms with Gasteiger partial charge in [-0.3, -0.25) is 0 Å². The van der Waals surface area contributed by atoms with Crippen molar-refractivity contribution in [1.82, 2.24) is 5.32 Å². The summed E-state index contributed by atoms with van der Waals surface area (Å²) in [6.45, 7) is 1.70. The van der Waals surface area contributed by atoms with E-state index in [1.54, 1.807) is 0 Å². The molecule has 0 bridgehead atoms. The van der Waals surface area contributed by atoms with Crippen LogP contribution in [0.25, 0.3) is 0 Å². The lowest BCUT2D eigenvalue weighted by molar-refractivity contribution is 0.177. The Morgan fingerprint density at radius 1 is 1.56 bits per heavy atom. The average Bonchev–Trinajstić information content (AvgIpc) is 2.75. The molecule has 4 heteroatoms. The Hall–Kier alpha value is -0.0900. The smallest absolute Gasteiger partial charge is 0.0513 e. The standard InChI is InChI=1S/C12H15BrClNO/c1-15-12(8-4-5-16-7-8)10-3-2-9(14)6-11(10)13/h2-3,6,8,12,15H,4-5,7H2,1H3. The Kier molecular flexibility index (Phi) is 4.25. The number of hydrogen-bond acceptors (Lipinski definition) is 2. The van der Waals surface area contributed by atoms with E-state index in [9.17, 15) is 0 Å². The van der Waals surface area contributed by atoms with E-state index in [-0.39, 0.29) is 0 Å². The van der Waals surface area contributed by atoms with Gasteiger partial charge in [0.2, 0.25) is 0 Å². The van der Waals surface area contributed by atoms with Crippen LogP contribution in [0.5, 0.6) is 0 Å². The number of rotatable bonds is 3. The van der Waals surface area contributed by atoms with Gasteiger partial charge in [-0.1, -0.05) is 33.6 Å². The zero-order valence-electron chi connectivity index (χ0n) is 9.17. The van der Waals surface area contributed by atoms with Gasteiger partial charge in [0.05, 0.1) is 6.61 Å². The molecule has 2 atom stereocenters. The summed E-state index contributed by atoms with van der Waals surface area (Å²) in [4.78, 5) is 0. The van der Waals surface area contributed by atoms with E-state index in [4.69, 9.17) is 16.3 Å². The van der Waals surface area contributed by atoms with Crippen LogP contribution < -0.4 is 5.32 Å². The highest BCUT2D eigenvalue weighted by Crippen LogP contribution is 2.34. The third kappa shape index (κ3) is 2.59. The van der Waals surface area contributed by atoms with Crippen molar-refractivity contribution >= 4 is 27.5 Å². The molecule has 0 saturated carbocycles. The second-order valence-corrected chi connectivity index (χ2v) is 5.35. The molecule has 2 nitrogen and oxygen atoms in total. The number of ether oxygens (including phenoxy) is 1. The third-order valence-electron chi connectivity index (χ3n) is 3.04. The molecule has 2 unspecified atom stereocenters. The lowest BCUT2D eigenvalue weighted by Crippen LogP contribution is -2.25. The molecule has 0 radical (unpaired) electrons. The summed E-state index contributed by atoms with van der Waals surface area (Å²) in [7, 11) is 1.99. The van der Waals surface area contributed by atoms with Crippen LogP contribution in [-0.4, -0.2) is 20.3 Å². The zero-order valence-corrected chi connectivity index (χ0v) is 11.5. The van der Waals surface area contributed by atoms with Crippen molar-refractivity contribution in [2.24, 2.45) is 5.92 Å². The van der Waals surface area contributed by atoms with Crippen molar-refractivity contribution in [2.75, 3.05) is 20.3 Å². The summed E-state index contributed by atoms with van der Waals surface area (Å²) in [6, 6.07) is 6.28. The largest absolute Gasteiger partial charge is 0.381 e. The normalized spacial score (nSPS) is 22.3. The van der Waals surface area contributed by atoms with Crippen LogP contribution >= 0.6 is 27.5 Å². The van der Waals surface area contributed by atoms with Gasteiger partial charge < -0.3 is 10.1 Å². The Bertz CT molecular complexity index is 366. The fraction of sp³-hybridized carbons (Fsp3) is 0.500. The van der Waals surface area contributed by atoms with Gasteiger partial charge in [-0.2, -0.15) is 0 Å². The van der Waals surface area contributed by atoms with Gasteiger partial charge in [0.15, 0.2) is 0 Å². The molecule has 1 fully saturated rings.